The molecule has 4 rings (SSSR count). The van der Waals surface area contributed by atoms with Crippen molar-refractivity contribution in [3.05, 3.63) is 89.3 Å². The van der Waals surface area contributed by atoms with Crippen LogP contribution in [0.2, 0.25) is 0 Å². The van der Waals surface area contributed by atoms with Crippen molar-refractivity contribution in [3.8, 4) is 0 Å². The molecular weight excluding hydrogens is 496 g/mol. The maximum atomic E-state index is 11.4. The quantitative estimate of drug-likeness (QED) is 0.229. The summed E-state index contributed by atoms with van der Waals surface area (Å²) in [6.45, 7) is 3.46. The number of methoxy groups -OCH3 is 1. The molecule has 0 radical (unpaired) electrons. The van der Waals surface area contributed by atoms with Crippen LogP contribution in [0, 0.1) is 0 Å². The van der Waals surface area contributed by atoms with Crippen LogP contribution >= 0.6 is 0 Å². The Labute approximate surface area is 254 Å². The van der Waals surface area contributed by atoms with Gasteiger partial charge in [-0.15, -0.1) is 0 Å². The Morgan fingerprint density at radius 2 is 1.55 bits per heavy atom. The first-order chi connectivity index (χ1) is 23.5. The fourth-order valence-electron chi connectivity index (χ4n) is 4.50. The number of anilines is 2. The minimum atomic E-state index is -0.443. The zero-order valence-electron chi connectivity index (χ0n) is 34.1. The highest BCUT2D eigenvalue weighted by molar-refractivity contribution is 6.04. The summed E-state index contributed by atoms with van der Waals surface area (Å²) < 4.78 is 95.2. The second kappa shape index (κ2) is 14.1. The molecule has 2 aromatic carbocycles. The largest absolute Gasteiger partial charge is 0.469 e. The van der Waals surface area contributed by atoms with E-state index in [2.05, 4.69) is 4.90 Å². The van der Waals surface area contributed by atoms with Crippen molar-refractivity contribution in [1.29, 1.82) is 0 Å². The molecule has 1 aliphatic carbocycles. The first-order valence-electron chi connectivity index (χ1n) is 18.6. The Balaban J connectivity index is 1.81. The predicted octanol–water partition coefficient (Wildman–Crippen LogP) is 5.25. The second-order valence-electron chi connectivity index (χ2n) is 10.2. The summed E-state index contributed by atoms with van der Waals surface area (Å²) in [4.78, 5) is 17.1. The first-order valence-corrected chi connectivity index (χ1v) is 13.6. The number of allylic oxidation sites excluding steroid dienone is 5. The molecule has 1 aliphatic heterocycles. The fraction of sp³-hybridized carbons (Fsp3) is 0.412. The van der Waals surface area contributed by atoms with Crippen molar-refractivity contribution in [2.75, 3.05) is 77.8 Å². The number of hydrogen-bond donors (Lipinski definition) is 0. The Morgan fingerprint density at radius 3 is 2.12 bits per heavy atom. The van der Waals surface area contributed by atoms with E-state index >= 15 is 0 Å². The third-order valence-corrected chi connectivity index (χ3v) is 6.91. The monoisotopic (exact) mass is 551 g/mol. The van der Waals surface area contributed by atoms with Crippen LogP contribution < -0.4 is 9.80 Å². The topological polar surface area (TPSA) is 39.0 Å². The number of carbonyl (C=O) groups is 1. The van der Waals surface area contributed by atoms with Gasteiger partial charge in [0.25, 0.3) is 0 Å². The molecule has 0 unspecified atom stereocenters. The number of esters is 1. The maximum Gasteiger partial charge on any atom is 0.305 e. The summed E-state index contributed by atoms with van der Waals surface area (Å²) in [5, 5.41) is 0. The van der Waals surface area contributed by atoms with Crippen molar-refractivity contribution in [2.45, 2.75) is 25.7 Å². The van der Waals surface area contributed by atoms with Crippen LogP contribution in [-0.2, 0) is 9.53 Å². The highest BCUT2D eigenvalue weighted by atomic mass is 16.5. The Kier molecular flexibility index (Phi) is 6.59. The van der Waals surface area contributed by atoms with E-state index in [0.717, 1.165) is 38.9 Å². The third kappa shape index (κ3) is 7.72. The van der Waals surface area contributed by atoms with Crippen LogP contribution in [0.5, 0.6) is 0 Å². The van der Waals surface area contributed by atoms with E-state index in [4.69, 9.17) is 18.4 Å². The van der Waals surface area contributed by atoms with Gasteiger partial charge in [-0.2, -0.15) is 0 Å². The van der Waals surface area contributed by atoms with Gasteiger partial charge in [0, 0.05) is 70.2 Å². The standard InChI is InChI=1S/C34H45N4O2/c1-35(2)30-16-10-27(11-17-30)34(28-12-18-31(19-13-28)36(3)4)29-14-20-32(21-15-29)38-25-23-37(24-26-38)22-8-6-7-9-33(39)40-5/h10-21H,6-9,22-26H2,1-5H3/q+1/i10D,11D,12D,13D,16D,17D,18D,19D,20D,21D. The molecule has 0 amide bonds. The number of nitrogens with zero attached hydrogens (tertiary/aromatic N) is 4. The van der Waals surface area contributed by atoms with E-state index in [0.29, 0.717) is 25.2 Å². The van der Waals surface area contributed by atoms with Gasteiger partial charge in [0.15, 0.2) is 5.71 Å². The first kappa shape index (κ1) is 18.7. The number of unbranched alkanes of at least 4 members (excludes halogenated alkanes) is 2. The molecule has 2 aromatic rings. The van der Waals surface area contributed by atoms with Crippen molar-refractivity contribution in [1.82, 2.24) is 4.90 Å². The van der Waals surface area contributed by atoms with Crippen LogP contribution in [0.25, 0.3) is 5.57 Å². The number of hydrogen-bond acceptors (Lipinski definition) is 5. The summed E-state index contributed by atoms with van der Waals surface area (Å²) in [5.41, 5.74) is 0.000923. The summed E-state index contributed by atoms with van der Waals surface area (Å²) in [6.07, 6.45) is 3.02. The SMILES string of the molecule is [2H]C1=C([2H])C(=[N+](C)C)C([2H])=C([2H])C1=C(c1cc([2H])c(N2CCN(CCCCCC(=O)OC)CC2)c([2H])c1)c1c([2H])c([2H])c(N(C)C)c([2H])c1[2H]. The highest BCUT2D eigenvalue weighted by Crippen LogP contribution is 2.32. The van der Waals surface area contributed by atoms with Gasteiger partial charge >= 0.3 is 5.97 Å². The van der Waals surface area contributed by atoms with Gasteiger partial charge in [-0.05, 0) is 77.9 Å². The average molecular weight is 552 g/mol. The molecule has 0 saturated carbocycles. The number of carbonyl (C=O) groups excluding carboxylic acids is 1. The van der Waals surface area contributed by atoms with Gasteiger partial charge in [0.2, 0.25) is 0 Å². The van der Waals surface area contributed by atoms with Gasteiger partial charge in [-0.3, -0.25) is 9.69 Å². The Morgan fingerprint density at radius 1 is 0.900 bits per heavy atom. The van der Waals surface area contributed by atoms with E-state index in [-0.39, 0.29) is 75.9 Å². The van der Waals surface area contributed by atoms with Crippen LogP contribution in [0.15, 0.2) is 78.2 Å². The highest BCUT2D eigenvalue weighted by Gasteiger charge is 2.18. The molecule has 0 N–H and O–H groups in total. The molecule has 0 atom stereocenters. The van der Waals surface area contributed by atoms with Crippen molar-refractivity contribution < 1.29 is 27.8 Å². The van der Waals surface area contributed by atoms with Crippen molar-refractivity contribution in [3.63, 3.8) is 0 Å². The average Bonchev–Trinajstić information content (AvgIpc) is 3.05. The van der Waals surface area contributed by atoms with Gasteiger partial charge in [-0.1, -0.05) is 30.6 Å². The van der Waals surface area contributed by atoms with E-state index in [9.17, 15) is 4.79 Å². The molecule has 6 heteroatoms. The van der Waals surface area contributed by atoms with Crippen LogP contribution in [0.4, 0.5) is 11.4 Å². The molecule has 1 fully saturated rings. The molecule has 0 bridgehead atoms. The smallest absolute Gasteiger partial charge is 0.305 e. The molecular formula is C34H45N4O2+. The van der Waals surface area contributed by atoms with Gasteiger partial charge < -0.3 is 14.5 Å². The number of benzene rings is 2. The normalized spacial score (nSPS) is 19.9. The number of ether oxygens (including phenoxy) is 1. The lowest BCUT2D eigenvalue weighted by Gasteiger charge is -2.36. The van der Waals surface area contributed by atoms with E-state index in [1.54, 1.807) is 28.2 Å². The zero-order valence-corrected chi connectivity index (χ0v) is 24.1. The van der Waals surface area contributed by atoms with E-state index in [1.807, 2.05) is 4.90 Å². The van der Waals surface area contributed by atoms with E-state index in [1.165, 1.54) is 28.7 Å². The lowest BCUT2D eigenvalue weighted by atomic mass is 9.90. The lowest BCUT2D eigenvalue weighted by molar-refractivity contribution is -0.462. The summed E-state index contributed by atoms with van der Waals surface area (Å²) in [5.74, 6) is -0.207. The lowest BCUT2D eigenvalue weighted by Crippen LogP contribution is -2.46. The summed E-state index contributed by atoms with van der Waals surface area (Å²) >= 11 is 0. The minimum absolute atomic E-state index is 0.0263. The Bertz CT molecular complexity index is 1730. The molecule has 0 aromatic heterocycles. The third-order valence-electron chi connectivity index (χ3n) is 6.91. The van der Waals surface area contributed by atoms with Gasteiger partial charge in [0.1, 0.15) is 14.1 Å². The van der Waals surface area contributed by atoms with E-state index < -0.39 is 24.2 Å². The molecule has 1 saturated heterocycles. The maximum absolute atomic E-state index is 11.4. The van der Waals surface area contributed by atoms with Gasteiger partial charge in [-0.25, -0.2) is 4.58 Å². The molecule has 0 spiro atoms. The molecule has 40 heavy (non-hydrogen) atoms. The van der Waals surface area contributed by atoms with Crippen molar-refractivity contribution in [2.24, 2.45) is 0 Å². The molecule has 1 heterocycles. The van der Waals surface area contributed by atoms with Crippen LogP contribution in [-0.4, -0.2) is 89.2 Å². The van der Waals surface area contributed by atoms with Crippen LogP contribution in [0.3, 0.4) is 0 Å². The number of rotatable bonds is 10. The van der Waals surface area contributed by atoms with Gasteiger partial charge in [0.05, 0.1) is 20.8 Å². The fourth-order valence-corrected chi connectivity index (χ4v) is 4.50. The van der Waals surface area contributed by atoms with Crippen LogP contribution in [0.1, 0.15) is 50.5 Å². The molecule has 6 nitrogen and oxygen atoms in total. The summed E-state index contributed by atoms with van der Waals surface area (Å²) in [7, 11) is 7.78. The minimum Gasteiger partial charge on any atom is -0.469 e. The predicted molar refractivity (Wildman–Crippen MR) is 168 cm³/mol. The molecule has 2 aliphatic rings. The van der Waals surface area contributed by atoms with Crippen molar-refractivity contribution >= 4 is 28.6 Å². The second-order valence-corrected chi connectivity index (χ2v) is 10.2. The number of piperazine rings is 1. The Hall–Kier alpha value is -3.64. The summed E-state index contributed by atoms with van der Waals surface area (Å²) in [6, 6.07) is -0.339. The molecule has 212 valence electrons. The zero-order chi connectivity index (χ0) is 37.2.